The number of nitrogens with two attached hydrogens (primary N) is 1. The van der Waals surface area contributed by atoms with Crippen LogP contribution in [0.25, 0.3) is 0 Å². The van der Waals surface area contributed by atoms with Crippen LogP contribution in [-0.4, -0.2) is 21.4 Å². The predicted molar refractivity (Wildman–Crippen MR) is 77.0 cm³/mol. The van der Waals surface area contributed by atoms with Gasteiger partial charge in [0.1, 0.15) is 0 Å². The Hall–Kier alpha value is -0.550. The van der Waals surface area contributed by atoms with Gasteiger partial charge in [0.05, 0.1) is 11.7 Å². The van der Waals surface area contributed by atoms with Crippen molar-refractivity contribution in [3.8, 4) is 0 Å². The molecule has 5 heteroatoms. The minimum absolute atomic E-state index is 0.208. The summed E-state index contributed by atoms with van der Waals surface area (Å²) in [7, 11) is 0. The van der Waals surface area contributed by atoms with Crippen molar-refractivity contribution in [3.05, 3.63) is 11.7 Å². The van der Waals surface area contributed by atoms with E-state index in [1.807, 2.05) is 11.8 Å². The first-order valence-corrected chi connectivity index (χ1v) is 8.57. The maximum Gasteiger partial charge on any atom is 0.231 e. The Labute approximate surface area is 118 Å². The second kappa shape index (κ2) is 6.27. The van der Waals surface area contributed by atoms with Crippen LogP contribution in [-0.2, 0) is 5.75 Å². The summed E-state index contributed by atoms with van der Waals surface area (Å²) in [6, 6.07) is 0.208. The number of hydrogen-bond donors (Lipinski definition) is 1. The van der Waals surface area contributed by atoms with Crippen LogP contribution in [0.1, 0.15) is 69.0 Å². The van der Waals surface area contributed by atoms with Crippen molar-refractivity contribution in [2.75, 3.05) is 0 Å². The lowest BCUT2D eigenvalue weighted by Crippen LogP contribution is -2.22. The maximum absolute atomic E-state index is 6.08. The van der Waals surface area contributed by atoms with Crippen molar-refractivity contribution in [2.45, 2.75) is 74.3 Å². The van der Waals surface area contributed by atoms with Crippen molar-refractivity contribution < 1.29 is 4.52 Å². The molecule has 1 aromatic rings. The molecule has 106 valence electrons. The first-order chi connectivity index (χ1) is 9.33. The van der Waals surface area contributed by atoms with Gasteiger partial charge in [0.25, 0.3) is 0 Å². The molecule has 2 unspecified atom stereocenters. The van der Waals surface area contributed by atoms with Crippen LogP contribution in [0.15, 0.2) is 4.52 Å². The Morgan fingerprint density at radius 3 is 2.68 bits per heavy atom. The monoisotopic (exact) mass is 281 g/mol. The van der Waals surface area contributed by atoms with E-state index in [2.05, 4.69) is 10.1 Å². The summed E-state index contributed by atoms with van der Waals surface area (Å²) in [5.74, 6) is 2.80. The predicted octanol–water partition coefficient (Wildman–Crippen LogP) is 3.23. The van der Waals surface area contributed by atoms with Gasteiger partial charge in [-0.3, -0.25) is 0 Å². The number of hydrogen-bond acceptors (Lipinski definition) is 5. The van der Waals surface area contributed by atoms with Crippen LogP contribution >= 0.6 is 11.8 Å². The molecule has 2 aliphatic rings. The number of nitrogens with zero attached hydrogens (tertiary/aromatic N) is 2. The zero-order valence-electron chi connectivity index (χ0n) is 11.4. The van der Waals surface area contributed by atoms with E-state index in [-0.39, 0.29) is 6.04 Å². The van der Waals surface area contributed by atoms with Crippen LogP contribution in [0.2, 0.25) is 0 Å². The summed E-state index contributed by atoms with van der Waals surface area (Å²) < 4.78 is 5.40. The molecule has 0 bridgehead atoms. The summed E-state index contributed by atoms with van der Waals surface area (Å²) in [6.45, 7) is 0. The summed E-state index contributed by atoms with van der Waals surface area (Å²) in [6.07, 6.45) is 10.2. The molecule has 0 saturated heterocycles. The second-order valence-corrected chi connectivity index (χ2v) is 7.11. The Kier molecular flexibility index (Phi) is 4.43. The second-order valence-electron chi connectivity index (χ2n) is 5.82. The number of thioether (sulfide) groups is 1. The molecule has 2 N–H and O–H groups in total. The van der Waals surface area contributed by atoms with Crippen molar-refractivity contribution in [1.29, 1.82) is 0 Å². The van der Waals surface area contributed by atoms with Gasteiger partial charge in [-0.05, 0) is 25.7 Å². The fourth-order valence-corrected chi connectivity index (χ4v) is 4.36. The largest absolute Gasteiger partial charge is 0.339 e. The summed E-state index contributed by atoms with van der Waals surface area (Å²) in [5, 5.41) is 4.91. The average molecular weight is 281 g/mol. The molecular weight excluding hydrogens is 258 g/mol. The molecule has 0 amide bonds. The summed E-state index contributed by atoms with van der Waals surface area (Å²) in [4.78, 5) is 4.55. The van der Waals surface area contributed by atoms with Crippen LogP contribution < -0.4 is 5.73 Å². The lowest BCUT2D eigenvalue weighted by Gasteiger charge is -2.20. The van der Waals surface area contributed by atoms with Crippen molar-refractivity contribution in [1.82, 2.24) is 10.1 Å². The van der Waals surface area contributed by atoms with Gasteiger partial charge in [0.2, 0.25) is 5.89 Å². The molecule has 1 heterocycles. The fourth-order valence-electron chi connectivity index (χ4n) is 3.20. The summed E-state index contributed by atoms with van der Waals surface area (Å²) >= 11 is 1.99. The van der Waals surface area contributed by atoms with Crippen molar-refractivity contribution in [2.24, 2.45) is 5.73 Å². The van der Waals surface area contributed by atoms with E-state index < -0.39 is 0 Å². The summed E-state index contributed by atoms with van der Waals surface area (Å²) in [5.41, 5.74) is 6.08. The molecular formula is C14H23N3OS. The van der Waals surface area contributed by atoms with E-state index in [0.29, 0.717) is 5.92 Å². The van der Waals surface area contributed by atoms with Crippen LogP contribution in [0, 0.1) is 0 Å². The number of rotatable bonds is 4. The molecule has 4 nitrogen and oxygen atoms in total. The van der Waals surface area contributed by atoms with E-state index in [9.17, 15) is 0 Å². The first kappa shape index (κ1) is 13.4. The van der Waals surface area contributed by atoms with Gasteiger partial charge in [-0.2, -0.15) is 16.7 Å². The molecule has 2 aliphatic carbocycles. The van der Waals surface area contributed by atoms with Gasteiger partial charge < -0.3 is 10.3 Å². The Balaban J connectivity index is 1.52. The highest BCUT2D eigenvalue weighted by Gasteiger charge is 2.30. The van der Waals surface area contributed by atoms with E-state index in [1.165, 1.54) is 38.5 Å². The quantitative estimate of drug-likeness (QED) is 0.918. The molecule has 0 spiro atoms. The van der Waals surface area contributed by atoms with Crippen LogP contribution in [0.5, 0.6) is 0 Å². The Morgan fingerprint density at radius 2 is 1.95 bits per heavy atom. The van der Waals surface area contributed by atoms with E-state index >= 15 is 0 Å². The van der Waals surface area contributed by atoms with Gasteiger partial charge in [0.15, 0.2) is 5.82 Å². The molecule has 3 rings (SSSR count). The third-order valence-corrected chi connectivity index (χ3v) is 5.74. The highest BCUT2D eigenvalue weighted by Crippen LogP contribution is 2.33. The van der Waals surface area contributed by atoms with E-state index in [1.54, 1.807) is 0 Å². The molecule has 0 radical (unpaired) electrons. The van der Waals surface area contributed by atoms with Crippen molar-refractivity contribution >= 4 is 11.8 Å². The van der Waals surface area contributed by atoms with E-state index in [4.69, 9.17) is 10.3 Å². The van der Waals surface area contributed by atoms with E-state index in [0.717, 1.165) is 35.6 Å². The zero-order valence-corrected chi connectivity index (χ0v) is 12.2. The molecule has 1 aromatic heterocycles. The Bertz CT molecular complexity index is 403. The minimum Gasteiger partial charge on any atom is -0.339 e. The fraction of sp³-hybridized carbons (Fsp3) is 0.857. The zero-order chi connectivity index (χ0) is 13.1. The minimum atomic E-state index is 0.208. The highest BCUT2D eigenvalue weighted by atomic mass is 32.2. The number of aromatic nitrogens is 2. The molecule has 2 saturated carbocycles. The highest BCUT2D eigenvalue weighted by molar-refractivity contribution is 7.99. The van der Waals surface area contributed by atoms with Gasteiger partial charge in [-0.15, -0.1) is 0 Å². The van der Waals surface area contributed by atoms with Gasteiger partial charge >= 0.3 is 0 Å². The van der Waals surface area contributed by atoms with Crippen LogP contribution in [0.3, 0.4) is 0 Å². The molecule has 2 fully saturated rings. The third kappa shape index (κ3) is 3.31. The Morgan fingerprint density at radius 1 is 1.11 bits per heavy atom. The molecule has 0 aliphatic heterocycles. The topological polar surface area (TPSA) is 64.9 Å². The first-order valence-electron chi connectivity index (χ1n) is 7.52. The van der Waals surface area contributed by atoms with Gasteiger partial charge in [0, 0.05) is 11.3 Å². The standard InChI is InChI=1S/C14H23N3OS/c15-12-8-4-7-11(12)14-16-13(17-18-14)9-19-10-5-2-1-3-6-10/h10-12H,1-9,15H2. The normalized spacial score (nSPS) is 28.9. The van der Waals surface area contributed by atoms with Crippen LogP contribution in [0.4, 0.5) is 0 Å². The lowest BCUT2D eigenvalue weighted by molar-refractivity contribution is 0.342. The SMILES string of the molecule is NC1CCCC1c1nc(CSC2CCCCC2)no1. The smallest absolute Gasteiger partial charge is 0.231 e. The average Bonchev–Trinajstić information content (AvgIpc) is 3.06. The maximum atomic E-state index is 6.08. The molecule has 0 aromatic carbocycles. The van der Waals surface area contributed by atoms with Gasteiger partial charge in [-0.25, -0.2) is 0 Å². The molecule has 19 heavy (non-hydrogen) atoms. The lowest BCUT2D eigenvalue weighted by atomic mass is 10.0. The third-order valence-electron chi connectivity index (χ3n) is 4.37. The molecule has 2 atom stereocenters. The van der Waals surface area contributed by atoms with Crippen molar-refractivity contribution in [3.63, 3.8) is 0 Å². The van der Waals surface area contributed by atoms with Gasteiger partial charge in [-0.1, -0.05) is 30.8 Å².